The van der Waals surface area contributed by atoms with Crippen LogP contribution in [0.3, 0.4) is 0 Å². The van der Waals surface area contributed by atoms with E-state index in [0.717, 1.165) is 42.0 Å². The van der Waals surface area contributed by atoms with Crippen LogP contribution in [0.5, 0.6) is 0 Å². The van der Waals surface area contributed by atoms with Crippen molar-refractivity contribution < 1.29 is 4.52 Å². The van der Waals surface area contributed by atoms with Crippen LogP contribution in [0, 0.1) is 13.8 Å². The second-order valence-corrected chi connectivity index (χ2v) is 5.91. The molecule has 0 aliphatic heterocycles. The number of nitrogens with one attached hydrogen (secondary N) is 1. The minimum atomic E-state index is 0.382. The lowest BCUT2D eigenvalue weighted by atomic mass is 10.1. The fourth-order valence-electron chi connectivity index (χ4n) is 2.49. The lowest BCUT2D eigenvalue weighted by Gasteiger charge is -2.04. The van der Waals surface area contributed by atoms with E-state index in [1.165, 1.54) is 0 Å². The van der Waals surface area contributed by atoms with Crippen LogP contribution in [-0.2, 0) is 6.42 Å². The Balaban J connectivity index is 1.94. The Labute approximate surface area is 146 Å². The second kappa shape index (κ2) is 7.38. The summed E-state index contributed by atoms with van der Waals surface area (Å²) in [7, 11) is 0. The van der Waals surface area contributed by atoms with Crippen molar-refractivity contribution in [3.8, 4) is 23.0 Å². The number of hydrogen-bond acceptors (Lipinski definition) is 7. The SMILES string of the molecule is CCCNc1nc(C)cc(-c2nc(-c3cc(C)nc(CC)c3)no2)n1. The second-order valence-electron chi connectivity index (χ2n) is 5.91. The Morgan fingerprint density at radius 3 is 2.52 bits per heavy atom. The molecule has 0 unspecified atom stereocenters. The highest BCUT2D eigenvalue weighted by Crippen LogP contribution is 2.23. The average molecular weight is 338 g/mol. The summed E-state index contributed by atoms with van der Waals surface area (Å²) in [6, 6.07) is 5.78. The van der Waals surface area contributed by atoms with Crippen molar-refractivity contribution in [1.29, 1.82) is 0 Å². The number of rotatable bonds is 6. The molecule has 0 bridgehead atoms. The summed E-state index contributed by atoms with van der Waals surface area (Å²) in [6.45, 7) is 8.85. The predicted molar refractivity (Wildman–Crippen MR) is 96.2 cm³/mol. The summed E-state index contributed by atoms with van der Waals surface area (Å²) in [5, 5.41) is 7.29. The molecule has 7 nitrogen and oxygen atoms in total. The monoisotopic (exact) mass is 338 g/mol. The van der Waals surface area contributed by atoms with Gasteiger partial charge in [0, 0.05) is 29.2 Å². The first-order valence-electron chi connectivity index (χ1n) is 8.50. The Kier molecular flexibility index (Phi) is 5.02. The third-order valence-corrected chi connectivity index (χ3v) is 3.66. The molecule has 0 aliphatic carbocycles. The van der Waals surface area contributed by atoms with Gasteiger partial charge in [-0.2, -0.15) is 4.98 Å². The predicted octanol–water partition coefficient (Wildman–Crippen LogP) is 3.59. The van der Waals surface area contributed by atoms with Crippen LogP contribution in [0.15, 0.2) is 22.7 Å². The molecule has 0 fully saturated rings. The van der Waals surface area contributed by atoms with E-state index in [2.05, 4.69) is 44.3 Å². The number of pyridine rings is 1. The Bertz CT molecular complexity index is 874. The van der Waals surface area contributed by atoms with Gasteiger partial charge in [-0.3, -0.25) is 4.98 Å². The maximum Gasteiger partial charge on any atom is 0.277 e. The molecule has 3 aromatic heterocycles. The standard InChI is InChI=1S/C18H22N6O/c1-5-7-19-18-21-12(4)9-15(22-18)17-23-16(24-25-17)13-8-11(3)20-14(6-2)10-13/h8-10H,5-7H2,1-4H3,(H,19,21,22). The number of nitrogens with zero attached hydrogens (tertiary/aromatic N) is 5. The van der Waals surface area contributed by atoms with E-state index in [1.807, 2.05) is 32.0 Å². The molecule has 0 atom stereocenters. The number of hydrogen-bond donors (Lipinski definition) is 1. The van der Waals surface area contributed by atoms with Gasteiger partial charge in [0.2, 0.25) is 11.8 Å². The van der Waals surface area contributed by atoms with Crippen molar-refractivity contribution >= 4 is 5.95 Å². The normalized spacial score (nSPS) is 10.9. The van der Waals surface area contributed by atoms with Gasteiger partial charge >= 0.3 is 0 Å². The first-order valence-corrected chi connectivity index (χ1v) is 8.50. The zero-order valence-corrected chi connectivity index (χ0v) is 15.0. The highest BCUT2D eigenvalue weighted by molar-refractivity contribution is 5.59. The van der Waals surface area contributed by atoms with Crippen LogP contribution in [0.25, 0.3) is 23.0 Å². The lowest BCUT2D eigenvalue weighted by molar-refractivity contribution is 0.431. The van der Waals surface area contributed by atoms with E-state index in [9.17, 15) is 0 Å². The van der Waals surface area contributed by atoms with Crippen molar-refractivity contribution in [3.63, 3.8) is 0 Å². The van der Waals surface area contributed by atoms with E-state index in [4.69, 9.17) is 4.52 Å². The first kappa shape index (κ1) is 17.0. The molecule has 25 heavy (non-hydrogen) atoms. The van der Waals surface area contributed by atoms with Gasteiger partial charge in [0.15, 0.2) is 0 Å². The van der Waals surface area contributed by atoms with E-state index in [1.54, 1.807) is 0 Å². The van der Waals surface area contributed by atoms with Crippen LogP contribution >= 0.6 is 0 Å². The molecule has 130 valence electrons. The van der Waals surface area contributed by atoms with Crippen molar-refractivity contribution in [1.82, 2.24) is 25.1 Å². The molecule has 0 aliphatic rings. The maximum absolute atomic E-state index is 5.43. The molecular weight excluding hydrogens is 316 g/mol. The van der Waals surface area contributed by atoms with Crippen molar-refractivity contribution in [2.75, 3.05) is 11.9 Å². The van der Waals surface area contributed by atoms with E-state index in [0.29, 0.717) is 23.4 Å². The van der Waals surface area contributed by atoms with Gasteiger partial charge in [-0.25, -0.2) is 9.97 Å². The topological polar surface area (TPSA) is 89.6 Å². The summed E-state index contributed by atoms with van der Waals surface area (Å²) < 4.78 is 5.43. The van der Waals surface area contributed by atoms with Crippen LogP contribution in [0.2, 0.25) is 0 Å². The molecule has 3 heterocycles. The van der Waals surface area contributed by atoms with Gasteiger partial charge in [0.05, 0.1) is 0 Å². The van der Waals surface area contributed by atoms with Gasteiger partial charge in [-0.05, 0) is 44.9 Å². The molecule has 0 amide bonds. The molecule has 7 heteroatoms. The zero-order valence-electron chi connectivity index (χ0n) is 15.0. The summed E-state index contributed by atoms with van der Waals surface area (Å²) in [4.78, 5) is 17.8. The molecule has 3 rings (SSSR count). The van der Waals surface area contributed by atoms with Gasteiger partial charge < -0.3 is 9.84 Å². The highest BCUT2D eigenvalue weighted by Gasteiger charge is 2.14. The van der Waals surface area contributed by atoms with Crippen LogP contribution in [0.4, 0.5) is 5.95 Å². The van der Waals surface area contributed by atoms with E-state index in [-0.39, 0.29) is 0 Å². The van der Waals surface area contributed by atoms with Crippen LogP contribution in [0.1, 0.15) is 37.4 Å². The largest absolute Gasteiger partial charge is 0.354 e. The Hall–Kier alpha value is -2.83. The molecule has 0 saturated carbocycles. The third kappa shape index (κ3) is 3.99. The number of anilines is 1. The lowest BCUT2D eigenvalue weighted by Crippen LogP contribution is -2.05. The van der Waals surface area contributed by atoms with Crippen LogP contribution < -0.4 is 5.32 Å². The molecule has 3 aromatic rings. The average Bonchev–Trinajstić information content (AvgIpc) is 3.09. The third-order valence-electron chi connectivity index (χ3n) is 3.66. The summed E-state index contributed by atoms with van der Waals surface area (Å²) in [5.74, 6) is 1.49. The number of aromatic nitrogens is 5. The maximum atomic E-state index is 5.43. The minimum Gasteiger partial charge on any atom is -0.354 e. The Morgan fingerprint density at radius 2 is 1.76 bits per heavy atom. The molecule has 0 spiro atoms. The molecular formula is C18H22N6O. The van der Waals surface area contributed by atoms with Gasteiger partial charge in [-0.15, -0.1) is 0 Å². The van der Waals surface area contributed by atoms with Crippen molar-refractivity contribution in [2.45, 2.75) is 40.5 Å². The van der Waals surface area contributed by atoms with E-state index >= 15 is 0 Å². The van der Waals surface area contributed by atoms with Crippen molar-refractivity contribution in [3.05, 3.63) is 35.3 Å². The number of aryl methyl sites for hydroxylation is 3. The van der Waals surface area contributed by atoms with Gasteiger partial charge in [0.25, 0.3) is 5.89 Å². The minimum absolute atomic E-state index is 0.382. The zero-order chi connectivity index (χ0) is 17.8. The smallest absolute Gasteiger partial charge is 0.277 e. The Morgan fingerprint density at radius 1 is 0.960 bits per heavy atom. The van der Waals surface area contributed by atoms with Crippen molar-refractivity contribution in [2.24, 2.45) is 0 Å². The molecule has 0 saturated heterocycles. The van der Waals surface area contributed by atoms with E-state index < -0.39 is 0 Å². The quantitative estimate of drug-likeness (QED) is 0.734. The summed E-state index contributed by atoms with van der Waals surface area (Å²) in [5.41, 5.74) is 4.30. The molecule has 0 aromatic carbocycles. The van der Waals surface area contributed by atoms with Gasteiger partial charge in [0.1, 0.15) is 5.69 Å². The highest BCUT2D eigenvalue weighted by atomic mass is 16.5. The van der Waals surface area contributed by atoms with Crippen LogP contribution in [-0.4, -0.2) is 31.6 Å². The van der Waals surface area contributed by atoms with Gasteiger partial charge in [-0.1, -0.05) is 19.0 Å². The first-order chi connectivity index (χ1) is 12.1. The molecule has 0 radical (unpaired) electrons. The fourth-order valence-corrected chi connectivity index (χ4v) is 2.49. The summed E-state index contributed by atoms with van der Waals surface area (Å²) >= 11 is 0. The fraction of sp³-hybridized carbons (Fsp3) is 0.389. The molecule has 1 N–H and O–H groups in total. The summed E-state index contributed by atoms with van der Waals surface area (Å²) in [6.07, 6.45) is 1.86.